The molecule has 0 saturated heterocycles. The molecule has 0 aliphatic heterocycles. The molecule has 1 aromatic heterocycles. The summed E-state index contributed by atoms with van der Waals surface area (Å²) in [7, 11) is 0. The number of halogens is 4. The smallest absolute Gasteiger partial charge is 0.254 e. The van der Waals surface area contributed by atoms with Crippen LogP contribution in [0.3, 0.4) is 0 Å². The van der Waals surface area contributed by atoms with Crippen molar-refractivity contribution in [2.24, 2.45) is 0 Å². The Balaban J connectivity index is 2.55. The number of hydrogen-bond donors (Lipinski definition) is 0. The van der Waals surface area contributed by atoms with Gasteiger partial charge in [-0.1, -0.05) is 23.7 Å². The highest BCUT2D eigenvalue weighted by Crippen LogP contribution is 2.33. The lowest BCUT2D eigenvalue weighted by atomic mass is 10.0. The third kappa shape index (κ3) is 3.09. The van der Waals surface area contributed by atoms with Crippen LogP contribution in [0.2, 0.25) is 5.02 Å². The summed E-state index contributed by atoms with van der Waals surface area (Å²) in [6, 6.07) is 8.31. The average molecular weight is 297 g/mol. The minimum Gasteiger partial charge on any atom is -0.254 e. The van der Waals surface area contributed by atoms with Crippen molar-refractivity contribution < 1.29 is 13.2 Å². The molecule has 1 aromatic carbocycles. The maximum Gasteiger partial charge on any atom is 0.416 e. The zero-order valence-electron chi connectivity index (χ0n) is 10.1. The quantitative estimate of drug-likeness (QED) is 0.819. The third-order valence-corrected chi connectivity index (χ3v) is 2.87. The molecule has 0 bridgehead atoms. The fourth-order valence-electron chi connectivity index (χ4n) is 1.80. The van der Waals surface area contributed by atoms with Crippen molar-refractivity contribution in [2.45, 2.75) is 12.6 Å². The summed E-state index contributed by atoms with van der Waals surface area (Å²) in [6.45, 7) is 0. The van der Waals surface area contributed by atoms with Gasteiger partial charge in [0, 0.05) is 11.8 Å². The molecule has 0 fully saturated rings. The van der Waals surface area contributed by atoms with Crippen LogP contribution in [0, 0.1) is 11.3 Å². The summed E-state index contributed by atoms with van der Waals surface area (Å²) >= 11 is 5.79. The van der Waals surface area contributed by atoms with E-state index in [2.05, 4.69) is 4.98 Å². The second-order valence-corrected chi connectivity index (χ2v) is 4.51. The molecule has 0 N–H and O–H groups in total. The Bertz CT molecular complexity index is 675. The monoisotopic (exact) mass is 296 g/mol. The van der Waals surface area contributed by atoms with Gasteiger partial charge in [-0.3, -0.25) is 4.98 Å². The van der Waals surface area contributed by atoms with Crippen molar-refractivity contribution in [1.82, 2.24) is 4.98 Å². The molecule has 0 aliphatic rings. The van der Waals surface area contributed by atoms with Crippen LogP contribution in [0.25, 0.3) is 11.3 Å². The summed E-state index contributed by atoms with van der Waals surface area (Å²) in [6.07, 6.45) is -3.05. The summed E-state index contributed by atoms with van der Waals surface area (Å²) < 4.78 is 38.1. The van der Waals surface area contributed by atoms with Gasteiger partial charge in [-0.2, -0.15) is 18.4 Å². The molecule has 0 spiro atoms. The van der Waals surface area contributed by atoms with Crippen molar-refractivity contribution >= 4 is 11.6 Å². The molecule has 0 radical (unpaired) electrons. The van der Waals surface area contributed by atoms with Crippen molar-refractivity contribution in [3.8, 4) is 17.3 Å². The summed E-state index contributed by atoms with van der Waals surface area (Å²) in [5.74, 6) is 0. The number of alkyl halides is 3. The molecule has 102 valence electrons. The van der Waals surface area contributed by atoms with Crippen LogP contribution in [-0.4, -0.2) is 4.98 Å². The predicted molar refractivity (Wildman–Crippen MR) is 69.0 cm³/mol. The van der Waals surface area contributed by atoms with E-state index >= 15 is 0 Å². The number of aromatic nitrogens is 1. The number of benzene rings is 1. The van der Waals surface area contributed by atoms with Gasteiger partial charge in [0.05, 0.1) is 28.8 Å². The van der Waals surface area contributed by atoms with E-state index in [0.29, 0.717) is 21.8 Å². The van der Waals surface area contributed by atoms with E-state index in [9.17, 15) is 13.2 Å². The van der Waals surface area contributed by atoms with E-state index in [0.717, 1.165) is 12.1 Å². The van der Waals surface area contributed by atoms with Crippen molar-refractivity contribution in [1.29, 1.82) is 5.26 Å². The minimum atomic E-state index is -4.42. The van der Waals surface area contributed by atoms with Gasteiger partial charge in [0.15, 0.2) is 0 Å². The standard InChI is InChI=1S/C14H8ClF3N2/c15-12-7-10(4-5-19)13(20-8-12)9-2-1-3-11(6-9)14(16,17)18/h1-3,6-8H,4H2. The molecule has 0 saturated carbocycles. The normalized spacial score (nSPS) is 11.2. The molecule has 2 rings (SSSR count). The van der Waals surface area contributed by atoms with Gasteiger partial charge in [-0.05, 0) is 23.8 Å². The van der Waals surface area contributed by atoms with Crippen molar-refractivity contribution in [3.63, 3.8) is 0 Å². The molecule has 0 amide bonds. The van der Waals surface area contributed by atoms with Gasteiger partial charge in [0.2, 0.25) is 0 Å². The number of pyridine rings is 1. The Labute approximate surface area is 118 Å². The van der Waals surface area contributed by atoms with E-state index in [1.807, 2.05) is 6.07 Å². The lowest BCUT2D eigenvalue weighted by Crippen LogP contribution is -2.05. The summed E-state index contributed by atoms with van der Waals surface area (Å²) in [5, 5.41) is 9.10. The molecule has 6 heteroatoms. The Morgan fingerprint density at radius 3 is 2.65 bits per heavy atom. The maximum atomic E-state index is 12.7. The Morgan fingerprint density at radius 2 is 2.00 bits per heavy atom. The highest BCUT2D eigenvalue weighted by molar-refractivity contribution is 6.30. The summed E-state index contributed by atoms with van der Waals surface area (Å²) in [5.41, 5.74) is 0.387. The van der Waals surface area contributed by atoms with Crippen LogP contribution < -0.4 is 0 Å². The van der Waals surface area contributed by atoms with Crippen LogP contribution in [0.4, 0.5) is 13.2 Å². The number of nitriles is 1. The lowest BCUT2D eigenvalue weighted by molar-refractivity contribution is -0.137. The highest BCUT2D eigenvalue weighted by atomic mass is 35.5. The van der Waals surface area contributed by atoms with Crippen LogP contribution >= 0.6 is 11.6 Å². The Kier molecular flexibility index (Phi) is 3.96. The second kappa shape index (κ2) is 5.51. The third-order valence-electron chi connectivity index (χ3n) is 2.67. The molecule has 0 unspecified atom stereocenters. The molecular weight excluding hydrogens is 289 g/mol. The maximum absolute atomic E-state index is 12.7. The first-order chi connectivity index (χ1) is 9.41. The SMILES string of the molecule is N#CCc1cc(Cl)cnc1-c1cccc(C(F)(F)F)c1. The average Bonchev–Trinajstić information content (AvgIpc) is 2.38. The van der Waals surface area contributed by atoms with E-state index < -0.39 is 11.7 Å². The Hall–Kier alpha value is -2.06. The predicted octanol–water partition coefficient (Wildman–Crippen LogP) is 4.49. The van der Waals surface area contributed by atoms with E-state index in [4.69, 9.17) is 16.9 Å². The van der Waals surface area contributed by atoms with Crippen LogP contribution in [0.5, 0.6) is 0 Å². The van der Waals surface area contributed by atoms with Gasteiger partial charge in [0.1, 0.15) is 0 Å². The molecule has 1 heterocycles. The highest BCUT2D eigenvalue weighted by Gasteiger charge is 2.30. The topological polar surface area (TPSA) is 36.7 Å². The number of rotatable bonds is 2. The molecule has 0 aliphatic carbocycles. The fraction of sp³-hybridized carbons (Fsp3) is 0.143. The van der Waals surface area contributed by atoms with Crippen LogP contribution in [0.15, 0.2) is 36.5 Å². The van der Waals surface area contributed by atoms with Crippen molar-refractivity contribution in [2.75, 3.05) is 0 Å². The minimum absolute atomic E-state index is 0.0269. The van der Waals surface area contributed by atoms with Crippen molar-refractivity contribution in [3.05, 3.63) is 52.7 Å². The fourth-order valence-corrected chi connectivity index (χ4v) is 1.98. The summed E-state index contributed by atoms with van der Waals surface area (Å²) in [4.78, 5) is 4.04. The molecule has 2 aromatic rings. The van der Waals surface area contributed by atoms with Gasteiger partial charge in [-0.25, -0.2) is 0 Å². The number of hydrogen-bond acceptors (Lipinski definition) is 2. The molecular formula is C14H8ClF3N2. The van der Waals surface area contributed by atoms with Gasteiger partial charge in [0.25, 0.3) is 0 Å². The lowest BCUT2D eigenvalue weighted by Gasteiger charge is -2.10. The van der Waals surface area contributed by atoms with Gasteiger partial charge >= 0.3 is 6.18 Å². The zero-order chi connectivity index (χ0) is 14.8. The van der Waals surface area contributed by atoms with E-state index in [1.165, 1.54) is 24.4 Å². The molecule has 2 nitrogen and oxygen atoms in total. The van der Waals surface area contributed by atoms with Gasteiger partial charge < -0.3 is 0 Å². The second-order valence-electron chi connectivity index (χ2n) is 4.07. The van der Waals surface area contributed by atoms with E-state index in [1.54, 1.807) is 0 Å². The largest absolute Gasteiger partial charge is 0.416 e. The van der Waals surface area contributed by atoms with Crippen LogP contribution in [-0.2, 0) is 12.6 Å². The first-order valence-corrected chi connectivity index (χ1v) is 5.98. The Morgan fingerprint density at radius 1 is 1.25 bits per heavy atom. The first-order valence-electron chi connectivity index (χ1n) is 5.61. The molecule has 0 atom stereocenters. The van der Waals surface area contributed by atoms with Gasteiger partial charge in [-0.15, -0.1) is 0 Å². The van der Waals surface area contributed by atoms with E-state index in [-0.39, 0.29) is 6.42 Å². The van der Waals surface area contributed by atoms with Crippen LogP contribution in [0.1, 0.15) is 11.1 Å². The first kappa shape index (κ1) is 14.4. The molecule has 20 heavy (non-hydrogen) atoms. The number of nitrogens with zero attached hydrogens (tertiary/aromatic N) is 2. The zero-order valence-corrected chi connectivity index (χ0v) is 10.8.